The summed E-state index contributed by atoms with van der Waals surface area (Å²) in [5, 5.41) is 9.62. The van der Waals surface area contributed by atoms with E-state index >= 15 is 0 Å². The molecular weight excluding hydrogens is 290 g/mol. The van der Waals surface area contributed by atoms with Crippen LogP contribution in [0.4, 0.5) is 0 Å². The second-order valence-electron chi connectivity index (χ2n) is 7.08. The number of carboxylic acid groups (broad SMARTS) is 1. The monoisotopic (exact) mass is 313 g/mol. The lowest BCUT2D eigenvalue weighted by atomic mass is 9.85. The molecule has 0 unspecified atom stereocenters. The predicted octanol–water partition coefficient (Wildman–Crippen LogP) is 2.86. The number of likely N-dealkylation sites (tertiary alicyclic amines) is 1. The van der Waals surface area contributed by atoms with Crippen molar-refractivity contribution in [1.29, 1.82) is 0 Å². The van der Waals surface area contributed by atoms with Gasteiger partial charge in [0.25, 0.3) is 0 Å². The minimum absolute atomic E-state index is 0.352. The van der Waals surface area contributed by atoms with Gasteiger partial charge in [0.15, 0.2) is 0 Å². The molecule has 3 atom stereocenters. The summed E-state index contributed by atoms with van der Waals surface area (Å²) in [4.78, 5) is 18.6. The Morgan fingerprint density at radius 2 is 2.13 bits per heavy atom. The molecule has 2 aromatic rings. The highest BCUT2D eigenvalue weighted by molar-refractivity contribution is 5.74. The van der Waals surface area contributed by atoms with E-state index in [1.54, 1.807) is 0 Å². The second kappa shape index (κ2) is 5.64. The molecule has 1 saturated carbocycles. The highest BCUT2D eigenvalue weighted by Crippen LogP contribution is 2.40. The molecule has 2 aromatic heterocycles. The van der Waals surface area contributed by atoms with Gasteiger partial charge in [-0.25, -0.2) is 4.98 Å². The molecule has 23 heavy (non-hydrogen) atoms. The molecular formula is C18H23N3O2. The Morgan fingerprint density at radius 3 is 2.96 bits per heavy atom. The van der Waals surface area contributed by atoms with Gasteiger partial charge in [0.05, 0.1) is 5.69 Å². The third-order valence-electron chi connectivity index (χ3n) is 5.50. The SMILES string of the molecule is Cc1ccc2nc(CN3[C@@H]4CCCC[C@H]4C[C@H]3C(=O)O)cn2c1. The van der Waals surface area contributed by atoms with Crippen molar-refractivity contribution in [2.45, 2.75) is 57.7 Å². The molecule has 1 saturated heterocycles. The number of carbonyl (C=O) groups is 1. The molecule has 0 bridgehead atoms. The average molecular weight is 313 g/mol. The van der Waals surface area contributed by atoms with Crippen LogP contribution in [0.1, 0.15) is 43.4 Å². The Hall–Kier alpha value is -1.88. The maximum Gasteiger partial charge on any atom is 0.320 e. The molecule has 5 nitrogen and oxygen atoms in total. The number of carboxylic acids is 1. The zero-order chi connectivity index (χ0) is 16.0. The van der Waals surface area contributed by atoms with Crippen LogP contribution in [0, 0.1) is 12.8 Å². The lowest BCUT2D eigenvalue weighted by Gasteiger charge is -2.32. The van der Waals surface area contributed by atoms with Gasteiger partial charge in [0.1, 0.15) is 11.7 Å². The van der Waals surface area contributed by atoms with Crippen molar-refractivity contribution < 1.29 is 9.90 Å². The van der Waals surface area contributed by atoms with Crippen LogP contribution in [0.25, 0.3) is 5.65 Å². The second-order valence-corrected chi connectivity index (χ2v) is 7.08. The fraction of sp³-hybridized carbons (Fsp3) is 0.556. The minimum atomic E-state index is -0.681. The molecule has 5 heteroatoms. The normalized spacial score (nSPS) is 28.1. The number of aryl methyl sites for hydroxylation is 1. The number of nitrogens with zero attached hydrogens (tertiary/aromatic N) is 3. The number of imidazole rings is 1. The van der Waals surface area contributed by atoms with E-state index in [1.807, 2.05) is 16.7 Å². The van der Waals surface area contributed by atoms with Crippen LogP contribution in [0.3, 0.4) is 0 Å². The molecule has 0 spiro atoms. The van der Waals surface area contributed by atoms with E-state index < -0.39 is 5.97 Å². The van der Waals surface area contributed by atoms with Gasteiger partial charge in [-0.2, -0.15) is 0 Å². The van der Waals surface area contributed by atoms with Gasteiger partial charge in [0, 0.05) is 25.0 Å². The van der Waals surface area contributed by atoms with Gasteiger partial charge in [0.2, 0.25) is 0 Å². The van der Waals surface area contributed by atoms with Crippen LogP contribution in [0.2, 0.25) is 0 Å². The van der Waals surface area contributed by atoms with Crippen molar-refractivity contribution in [2.24, 2.45) is 5.92 Å². The molecule has 0 amide bonds. The van der Waals surface area contributed by atoms with E-state index in [0.717, 1.165) is 24.2 Å². The fourth-order valence-corrected chi connectivity index (χ4v) is 4.44. The van der Waals surface area contributed by atoms with Crippen LogP contribution in [-0.4, -0.2) is 37.4 Å². The maximum absolute atomic E-state index is 11.7. The minimum Gasteiger partial charge on any atom is -0.480 e. The quantitative estimate of drug-likeness (QED) is 0.946. The van der Waals surface area contributed by atoms with Crippen molar-refractivity contribution >= 4 is 11.6 Å². The van der Waals surface area contributed by atoms with E-state index in [4.69, 9.17) is 0 Å². The van der Waals surface area contributed by atoms with Gasteiger partial charge in [-0.1, -0.05) is 18.9 Å². The molecule has 1 aliphatic carbocycles. The topological polar surface area (TPSA) is 57.8 Å². The summed E-state index contributed by atoms with van der Waals surface area (Å²) in [5.74, 6) is -0.136. The number of pyridine rings is 1. The van der Waals surface area contributed by atoms with Crippen molar-refractivity contribution in [2.75, 3.05) is 0 Å². The predicted molar refractivity (Wildman–Crippen MR) is 87.3 cm³/mol. The number of fused-ring (bicyclic) bond motifs is 2. The third kappa shape index (κ3) is 2.63. The van der Waals surface area contributed by atoms with Crippen molar-refractivity contribution in [1.82, 2.24) is 14.3 Å². The lowest BCUT2D eigenvalue weighted by molar-refractivity contribution is -0.142. The third-order valence-corrected chi connectivity index (χ3v) is 5.50. The van der Waals surface area contributed by atoms with Crippen molar-refractivity contribution in [3.8, 4) is 0 Å². The Kier molecular flexibility index (Phi) is 3.60. The molecule has 4 rings (SSSR count). The first-order valence-electron chi connectivity index (χ1n) is 8.54. The summed E-state index contributed by atoms with van der Waals surface area (Å²) in [7, 11) is 0. The highest BCUT2D eigenvalue weighted by atomic mass is 16.4. The maximum atomic E-state index is 11.7. The average Bonchev–Trinajstić information content (AvgIpc) is 3.08. The standard InChI is InChI=1S/C18H23N3O2/c1-12-6-7-17-19-14(10-20(17)9-12)11-21-15-5-3-2-4-13(15)8-16(21)18(22)23/h6-7,9-10,13,15-16H,2-5,8,11H2,1H3,(H,22,23)/t13-,15+,16-/m0/s1. The van der Waals surface area contributed by atoms with Gasteiger partial charge in [-0.05, 0) is 43.7 Å². The number of rotatable bonds is 3. The number of aromatic nitrogens is 2. The summed E-state index contributed by atoms with van der Waals surface area (Å²) in [6.07, 6.45) is 9.66. The van der Waals surface area contributed by atoms with E-state index in [-0.39, 0.29) is 6.04 Å². The van der Waals surface area contributed by atoms with Crippen LogP contribution in [0.15, 0.2) is 24.5 Å². The summed E-state index contributed by atoms with van der Waals surface area (Å²) in [6, 6.07) is 4.13. The number of aliphatic carboxylic acids is 1. The lowest BCUT2D eigenvalue weighted by Crippen LogP contribution is -2.41. The Morgan fingerprint density at radius 1 is 1.30 bits per heavy atom. The summed E-state index contributed by atoms with van der Waals surface area (Å²) >= 11 is 0. The number of hydrogen-bond donors (Lipinski definition) is 1. The molecule has 0 aromatic carbocycles. The fourth-order valence-electron chi connectivity index (χ4n) is 4.44. The largest absolute Gasteiger partial charge is 0.480 e. The summed E-state index contributed by atoms with van der Waals surface area (Å²) in [5.41, 5.74) is 3.09. The summed E-state index contributed by atoms with van der Waals surface area (Å²) in [6.45, 7) is 2.70. The molecule has 2 fully saturated rings. The van der Waals surface area contributed by atoms with Crippen LogP contribution in [0.5, 0.6) is 0 Å². The molecule has 3 heterocycles. The first-order chi connectivity index (χ1) is 11.1. The zero-order valence-corrected chi connectivity index (χ0v) is 13.5. The van der Waals surface area contributed by atoms with Crippen molar-refractivity contribution in [3.63, 3.8) is 0 Å². The van der Waals surface area contributed by atoms with Gasteiger partial charge >= 0.3 is 5.97 Å². The van der Waals surface area contributed by atoms with Gasteiger partial charge in [-0.15, -0.1) is 0 Å². The van der Waals surface area contributed by atoms with Gasteiger partial charge in [-0.3, -0.25) is 9.69 Å². The Bertz CT molecular complexity index is 739. The molecule has 122 valence electrons. The highest BCUT2D eigenvalue weighted by Gasteiger charge is 2.45. The molecule has 1 aliphatic heterocycles. The Balaban J connectivity index is 1.62. The van der Waals surface area contributed by atoms with Crippen LogP contribution < -0.4 is 0 Å². The van der Waals surface area contributed by atoms with E-state index in [1.165, 1.54) is 24.8 Å². The van der Waals surface area contributed by atoms with Crippen LogP contribution >= 0.6 is 0 Å². The van der Waals surface area contributed by atoms with E-state index in [0.29, 0.717) is 18.5 Å². The smallest absolute Gasteiger partial charge is 0.320 e. The van der Waals surface area contributed by atoms with E-state index in [9.17, 15) is 9.90 Å². The first kappa shape index (κ1) is 14.7. The zero-order valence-electron chi connectivity index (χ0n) is 13.5. The number of hydrogen-bond acceptors (Lipinski definition) is 3. The van der Waals surface area contributed by atoms with Crippen LogP contribution in [-0.2, 0) is 11.3 Å². The Labute approximate surface area is 135 Å². The van der Waals surface area contributed by atoms with Crippen molar-refractivity contribution in [3.05, 3.63) is 35.8 Å². The van der Waals surface area contributed by atoms with E-state index in [2.05, 4.69) is 29.1 Å². The molecule has 0 radical (unpaired) electrons. The first-order valence-corrected chi connectivity index (χ1v) is 8.54. The van der Waals surface area contributed by atoms with Gasteiger partial charge < -0.3 is 9.51 Å². The summed E-state index contributed by atoms with van der Waals surface area (Å²) < 4.78 is 2.04. The molecule has 2 aliphatic rings. The molecule has 1 N–H and O–H groups in total.